The van der Waals surface area contributed by atoms with E-state index < -0.39 is 10.0 Å². The summed E-state index contributed by atoms with van der Waals surface area (Å²) in [6.07, 6.45) is 6.28. The Morgan fingerprint density at radius 3 is 2.73 bits per heavy atom. The Bertz CT molecular complexity index is 848. The van der Waals surface area contributed by atoms with Crippen LogP contribution in [0.5, 0.6) is 0 Å². The minimum Gasteiger partial charge on any atom is -0.264 e. The average Bonchev–Trinajstić information content (AvgIpc) is 3.09. The number of nitrogens with zero attached hydrogens (tertiary/aromatic N) is 2. The third kappa shape index (κ3) is 3.38. The van der Waals surface area contributed by atoms with Gasteiger partial charge in [-0.2, -0.15) is 11.3 Å². The summed E-state index contributed by atoms with van der Waals surface area (Å²) in [5.41, 5.74) is 2.85. The van der Waals surface area contributed by atoms with E-state index in [-0.39, 0.29) is 11.4 Å². The molecule has 0 saturated heterocycles. The van der Waals surface area contributed by atoms with Gasteiger partial charge in [-0.25, -0.2) is 13.1 Å². The normalized spacial score (nSPS) is 11.5. The molecule has 112 valence electrons. The molecule has 0 aliphatic carbocycles. The molecule has 3 aromatic rings. The smallest absolute Gasteiger partial charge is 0.242 e. The first kappa shape index (κ1) is 14.8. The fourth-order valence-electron chi connectivity index (χ4n) is 1.94. The summed E-state index contributed by atoms with van der Waals surface area (Å²) >= 11 is 1.61. The van der Waals surface area contributed by atoms with E-state index in [1.165, 1.54) is 18.5 Å². The summed E-state index contributed by atoms with van der Waals surface area (Å²) in [5.74, 6) is 0. The highest BCUT2D eigenvalue weighted by Crippen LogP contribution is 2.22. The molecular weight excluding hydrogens is 318 g/mol. The van der Waals surface area contributed by atoms with Crippen molar-refractivity contribution in [3.8, 4) is 11.1 Å². The lowest BCUT2D eigenvalue weighted by Crippen LogP contribution is -2.23. The Balaban J connectivity index is 1.76. The van der Waals surface area contributed by atoms with E-state index in [9.17, 15) is 8.42 Å². The first-order chi connectivity index (χ1) is 10.6. The van der Waals surface area contributed by atoms with E-state index in [2.05, 4.69) is 14.7 Å². The van der Waals surface area contributed by atoms with Gasteiger partial charge in [-0.3, -0.25) is 9.97 Å². The molecular formula is C15H13N3O2S2. The van der Waals surface area contributed by atoms with E-state index in [1.807, 2.05) is 22.9 Å². The van der Waals surface area contributed by atoms with Crippen LogP contribution in [0.4, 0.5) is 0 Å². The summed E-state index contributed by atoms with van der Waals surface area (Å²) in [7, 11) is -3.56. The number of rotatable bonds is 5. The van der Waals surface area contributed by atoms with Crippen molar-refractivity contribution in [2.75, 3.05) is 0 Å². The molecule has 0 spiro atoms. The standard InChI is InChI=1S/C15H13N3O2S2/c19-22(20,15-2-1-4-16-10-15)18-8-12-6-14(9-17-7-12)13-3-5-21-11-13/h1-7,9-11,18H,8H2. The van der Waals surface area contributed by atoms with E-state index in [4.69, 9.17) is 0 Å². The van der Waals surface area contributed by atoms with Crippen molar-refractivity contribution in [2.45, 2.75) is 11.4 Å². The van der Waals surface area contributed by atoms with E-state index in [0.29, 0.717) is 0 Å². The molecule has 1 N–H and O–H groups in total. The Hall–Kier alpha value is -2.09. The summed E-state index contributed by atoms with van der Waals surface area (Å²) in [4.78, 5) is 8.14. The molecule has 3 heterocycles. The summed E-state index contributed by atoms with van der Waals surface area (Å²) < 4.78 is 26.9. The first-order valence-electron chi connectivity index (χ1n) is 6.51. The second kappa shape index (κ2) is 6.35. The van der Waals surface area contributed by atoms with Crippen LogP contribution in [0.1, 0.15) is 5.56 Å². The fourth-order valence-corrected chi connectivity index (χ4v) is 3.58. The van der Waals surface area contributed by atoms with E-state index in [1.54, 1.807) is 29.8 Å². The van der Waals surface area contributed by atoms with Crippen LogP contribution in [0.25, 0.3) is 11.1 Å². The Morgan fingerprint density at radius 1 is 1.09 bits per heavy atom. The number of hydrogen-bond acceptors (Lipinski definition) is 5. The van der Waals surface area contributed by atoms with Crippen LogP contribution in [0.15, 0.2) is 64.7 Å². The molecule has 0 unspecified atom stereocenters. The van der Waals surface area contributed by atoms with Crippen LogP contribution >= 0.6 is 11.3 Å². The predicted octanol–water partition coefficient (Wildman–Crippen LogP) is 2.68. The van der Waals surface area contributed by atoms with Gasteiger partial charge < -0.3 is 0 Å². The molecule has 0 aromatic carbocycles. The second-order valence-corrected chi connectivity index (χ2v) is 7.15. The van der Waals surface area contributed by atoms with Crippen LogP contribution in [-0.4, -0.2) is 18.4 Å². The van der Waals surface area contributed by atoms with E-state index >= 15 is 0 Å². The summed E-state index contributed by atoms with van der Waals surface area (Å²) in [6, 6.07) is 7.04. The number of thiophene rings is 1. The van der Waals surface area contributed by atoms with Gasteiger partial charge in [0.25, 0.3) is 0 Å². The molecule has 22 heavy (non-hydrogen) atoms. The van der Waals surface area contributed by atoms with E-state index in [0.717, 1.165) is 16.7 Å². The van der Waals surface area contributed by atoms with Crippen LogP contribution in [-0.2, 0) is 16.6 Å². The Kier molecular flexibility index (Phi) is 4.28. The second-order valence-electron chi connectivity index (χ2n) is 4.61. The molecule has 0 atom stereocenters. The highest BCUT2D eigenvalue weighted by molar-refractivity contribution is 7.89. The maximum atomic E-state index is 12.1. The van der Waals surface area contributed by atoms with Gasteiger partial charge in [0, 0.05) is 36.9 Å². The number of pyridine rings is 2. The van der Waals surface area contributed by atoms with Gasteiger partial charge in [0.2, 0.25) is 10.0 Å². The quantitative estimate of drug-likeness (QED) is 0.780. The van der Waals surface area contributed by atoms with Crippen LogP contribution < -0.4 is 4.72 Å². The molecule has 0 fully saturated rings. The highest BCUT2D eigenvalue weighted by Gasteiger charge is 2.13. The first-order valence-corrected chi connectivity index (χ1v) is 8.94. The number of sulfonamides is 1. The number of nitrogens with one attached hydrogen (secondary N) is 1. The lowest BCUT2D eigenvalue weighted by molar-refractivity contribution is 0.581. The van der Waals surface area contributed by atoms with Gasteiger partial charge in [0.1, 0.15) is 4.90 Å². The maximum absolute atomic E-state index is 12.1. The van der Waals surface area contributed by atoms with Crippen molar-refractivity contribution in [2.24, 2.45) is 0 Å². The zero-order chi connectivity index (χ0) is 15.4. The van der Waals surface area contributed by atoms with Gasteiger partial charge in [0.05, 0.1) is 0 Å². The lowest BCUT2D eigenvalue weighted by atomic mass is 10.1. The average molecular weight is 331 g/mol. The fraction of sp³-hybridized carbons (Fsp3) is 0.0667. The topological polar surface area (TPSA) is 72.0 Å². The molecule has 7 heteroatoms. The summed E-state index contributed by atoms with van der Waals surface area (Å²) in [6.45, 7) is 0.183. The molecule has 0 aliphatic rings. The SMILES string of the molecule is O=S(=O)(NCc1cncc(-c2ccsc2)c1)c1cccnc1. The zero-order valence-electron chi connectivity index (χ0n) is 11.5. The molecule has 0 amide bonds. The van der Waals surface area contributed by atoms with Crippen molar-refractivity contribution in [3.63, 3.8) is 0 Å². The lowest BCUT2D eigenvalue weighted by Gasteiger charge is -2.07. The van der Waals surface area contributed by atoms with Gasteiger partial charge in [-0.1, -0.05) is 0 Å². The molecule has 3 aromatic heterocycles. The Morgan fingerprint density at radius 2 is 2.00 bits per heavy atom. The number of hydrogen-bond donors (Lipinski definition) is 1. The highest BCUT2D eigenvalue weighted by atomic mass is 32.2. The molecule has 3 rings (SSSR count). The monoisotopic (exact) mass is 331 g/mol. The van der Waals surface area contributed by atoms with Gasteiger partial charge in [-0.05, 0) is 46.2 Å². The van der Waals surface area contributed by atoms with Gasteiger partial charge in [-0.15, -0.1) is 0 Å². The molecule has 0 aliphatic heterocycles. The molecule has 5 nitrogen and oxygen atoms in total. The maximum Gasteiger partial charge on any atom is 0.242 e. The third-order valence-corrected chi connectivity index (χ3v) is 5.13. The zero-order valence-corrected chi connectivity index (χ0v) is 13.1. The van der Waals surface area contributed by atoms with Crippen molar-refractivity contribution < 1.29 is 8.42 Å². The minimum atomic E-state index is -3.56. The molecule has 0 bridgehead atoms. The third-order valence-electron chi connectivity index (χ3n) is 3.06. The predicted molar refractivity (Wildman–Crippen MR) is 85.8 cm³/mol. The van der Waals surface area contributed by atoms with Crippen LogP contribution in [0.2, 0.25) is 0 Å². The van der Waals surface area contributed by atoms with Crippen molar-refractivity contribution in [3.05, 3.63) is 65.4 Å². The van der Waals surface area contributed by atoms with Crippen LogP contribution in [0.3, 0.4) is 0 Å². The minimum absolute atomic E-state index is 0.150. The van der Waals surface area contributed by atoms with Crippen molar-refractivity contribution >= 4 is 21.4 Å². The van der Waals surface area contributed by atoms with Crippen molar-refractivity contribution in [1.82, 2.24) is 14.7 Å². The van der Waals surface area contributed by atoms with Gasteiger partial charge >= 0.3 is 0 Å². The van der Waals surface area contributed by atoms with Gasteiger partial charge in [0.15, 0.2) is 0 Å². The molecule has 0 radical (unpaired) electrons. The molecule has 0 saturated carbocycles. The summed E-state index contributed by atoms with van der Waals surface area (Å²) in [5, 5.41) is 4.02. The largest absolute Gasteiger partial charge is 0.264 e. The number of aromatic nitrogens is 2. The van der Waals surface area contributed by atoms with Crippen LogP contribution in [0, 0.1) is 0 Å². The Labute approximate surface area is 132 Å². The van der Waals surface area contributed by atoms with Crippen molar-refractivity contribution in [1.29, 1.82) is 0 Å².